The molecule has 25 heavy (non-hydrogen) atoms. The third kappa shape index (κ3) is 3.01. The number of para-hydroxylation sites is 1. The highest BCUT2D eigenvalue weighted by Crippen LogP contribution is 2.33. The fourth-order valence-corrected chi connectivity index (χ4v) is 2.91. The van der Waals surface area contributed by atoms with Crippen LogP contribution in [0.15, 0.2) is 42.5 Å². The van der Waals surface area contributed by atoms with E-state index in [0.29, 0.717) is 22.6 Å². The lowest BCUT2D eigenvalue weighted by Crippen LogP contribution is -2.02. The Kier molecular flexibility index (Phi) is 4.57. The maximum atomic E-state index is 11.7. The summed E-state index contributed by atoms with van der Waals surface area (Å²) in [5.74, 6) is 0.213. The van der Waals surface area contributed by atoms with Gasteiger partial charge in [0.2, 0.25) is 0 Å². The molecule has 0 aliphatic carbocycles. The average Bonchev–Trinajstić information content (AvgIpc) is 2.65. The van der Waals surface area contributed by atoms with Crippen LogP contribution in [0.2, 0.25) is 0 Å². The second-order valence-corrected chi connectivity index (χ2v) is 5.60. The van der Waals surface area contributed by atoms with Gasteiger partial charge in [0.15, 0.2) is 11.5 Å². The van der Waals surface area contributed by atoms with Gasteiger partial charge in [-0.05, 0) is 36.2 Å². The molecule has 0 radical (unpaired) electrons. The van der Waals surface area contributed by atoms with Crippen LogP contribution in [-0.2, 0) is 6.42 Å². The molecule has 0 amide bonds. The van der Waals surface area contributed by atoms with E-state index in [0.717, 1.165) is 23.1 Å². The molecule has 3 aromatic rings. The summed E-state index contributed by atoms with van der Waals surface area (Å²) >= 11 is 0. The SMILES string of the molecule is CCc1cccc2c(C(=O)O)cc(-c3ccc(OC)c(OC)c3)nc12. The van der Waals surface area contributed by atoms with Crippen molar-refractivity contribution >= 4 is 16.9 Å². The third-order valence-corrected chi connectivity index (χ3v) is 4.21. The molecule has 0 aliphatic heterocycles. The number of hydrogen-bond acceptors (Lipinski definition) is 4. The van der Waals surface area contributed by atoms with Gasteiger partial charge in [0.1, 0.15) is 0 Å². The van der Waals surface area contributed by atoms with Crippen molar-refractivity contribution in [2.24, 2.45) is 0 Å². The highest BCUT2D eigenvalue weighted by molar-refractivity contribution is 6.04. The molecule has 3 rings (SSSR count). The lowest BCUT2D eigenvalue weighted by molar-refractivity contribution is 0.0699. The van der Waals surface area contributed by atoms with Crippen molar-refractivity contribution in [3.05, 3.63) is 53.6 Å². The fraction of sp³-hybridized carbons (Fsp3) is 0.200. The lowest BCUT2D eigenvalue weighted by Gasteiger charge is -2.12. The van der Waals surface area contributed by atoms with Gasteiger partial charge in [0, 0.05) is 10.9 Å². The Labute approximate surface area is 145 Å². The first-order valence-corrected chi connectivity index (χ1v) is 7.97. The summed E-state index contributed by atoms with van der Waals surface area (Å²) in [5.41, 5.74) is 3.34. The molecule has 0 saturated carbocycles. The number of rotatable bonds is 5. The summed E-state index contributed by atoms with van der Waals surface area (Å²) in [4.78, 5) is 16.5. The maximum absolute atomic E-state index is 11.7. The summed E-state index contributed by atoms with van der Waals surface area (Å²) in [6.45, 7) is 2.03. The number of benzene rings is 2. The predicted molar refractivity (Wildman–Crippen MR) is 96.6 cm³/mol. The molecule has 0 fully saturated rings. The Hall–Kier alpha value is -3.08. The Morgan fingerprint density at radius 2 is 1.84 bits per heavy atom. The highest BCUT2D eigenvalue weighted by atomic mass is 16.5. The summed E-state index contributed by atoms with van der Waals surface area (Å²) in [7, 11) is 3.13. The number of carboxylic acids is 1. The zero-order valence-corrected chi connectivity index (χ0v) is 14.4. The molecule has 2 aromatic carbocycles. The molecule has 0 unspecified atom stereocenters. The average molecular weight is 337 g/mol. The molecule has 0 spiro atoms. The van der Waals surface area contributed by atoms with E-state index in [1.807, 2.05) is 25.1 Å². The van der Waals surface area contributed by atoms with Crippen molar-refractivity contribution in [2.45, 2.75) is 13.3 Å². The van der Waals surface area contributed by atoms with Crippen molar-refractivity contribution in [3.63, 3.8) is 0 Å². The topological polar surface area (TPSA) is 68.7 Å². The first-order valence-electron chi connectivity index (χ1n) is 7.97. The van der Waals surface area contributed by atoms with E-state index in [1.165, 1.54) is 0 Å². The van der Waals surface area contributed by atoms with Crippen molar-refractivity contribution in [1.29, 1.82) is 0 Å². The number of pyridine rings is 1. The van der Waals surface area contributed by atoms with Gasteiger partial charge in [-0.1, -0.05) is 25.1 Å². The van der Waals surface area contributed by atoms with E-state index >= 15 is 0 Å². The first kappa shape index (κ1) is 16.8. The molecule has 128 valence electrons. The molecule has 1 aromatic heterocycles. The van der Waals surface area contributed by atoms with Crippen LogP contribution in [-0.4, -0.2) is 30.3 Å². The number of methoxy groups -OCH3 is 2. The molecule has 5 heteroatoms. The Morgan fingerprint density at radius 1 is 1.08 bits per heavy atom. The number of ether oxygens (including phenoxy) is 2. The van der Waals surface area contributed by atoms with Crippen molar-refractivity contribution in [3.8, 4) is 22.8 Å². The quantitative estimate of drug-likeness (QED) is 0.756. The van der Waals surface area contributed by atoms with Crippen LogP contribution >= 0.6 is 0 Å². The molecular weight excluding hydrogens is 318 g/mol. The van der Waals surface area contributed by atoms with Crippen LogP contribution in [0, 0.1) is 0 Å². The Morgan fingerprint density at radius 3 is 2.48 bits per heavy atom. The van der Waals surface area contributed by atoms with E-state index in [4.69, 9.17) is 14.5 Å². The minimum atomic E-state index is -0.970. The summed E-state index contributed by atoms with van der Waals surface area (Å²) < 4.78 is 10.6. The van der Waals surface area contributed by atoms with Crippen molar-refractivity contribution in [2.75, 3.05) is 14.2 Å². The number of nitrogens with zero attached hydrogens (tertiary/aromatic N) is 1. The number of fused-ring (bicyclic) bond motifs is 1. The molecule has 0 aliphatic rings. The number of hydrogen-bond donors (Lipinski definition) is 1. The molecule has 5 nitrogen and oxygen atoms in total. The highest BCUT2D eigenvalue weighted by Gasteiger charge is 2.15. The first-order chi connectivity index (χ1) is 12.1. The fourth-order valence-electron chi connectivity index (χ4n) is 2.91. The van der Waals surface area contributed by atoms with Gasteiger partial charge in [0.05, 0.1) is 31.0 Å². The Balaban J connectivity index is 2.28. The standard InChI is InChI=1S/C20H19NO4/c1-4-12-6-5-7-14-15(20(22)23)11-16(21-19(12)14)13-8-9-17(24-2)18(10-13)25-3/h5-11H,4H2,1-3H3,(H,22,23). The van der Waals surface area contributed by atoms with E-state index in [9.17, 15) is 9.90 Å². The van der Waals surface area contributed by atoms with Gasteiger partial charge < -0.3 is 14.6 Å². The van der Waals surface area contributed by atoms with E-state index < -0.39 is 5.97 Å². The number of aromatic nitrogens is 1. The molecule has 0 bridgehead atoms. The van der Waals surface area contributed by atoms with Crippen LogP contribution < -0.4 is 9.47 Å². The number of aromatic carboxylic acids is 1. The van der Waals surface area contributed by atoms with Gasteiger partial charge >= 0.3 is 5.97 Å². The van der Waals surface area contributed by atoms with Gasteiger partial charge in [-0.25, -0.2) is 9.78 Å². The normalized spacial score (nSPS) is 10.7. The van der Waals surface area contributed by atoms with E-state index in [2.05, 4.69) is 0 Å². The van der Waals surface area contributed by atoms with Gasteiger partial charge in [-0.2, -0.15) is 0 Å². The number of carbonyl (C=O) groups is 1. The van der Waals surface area contributed by atoms with Crippen molar-refractivity contribution < 1.29 is 19.4 Å². The smallest absolute Gasteiger partial charge is 0.336 e. The molecule has 1 N–H and O–H groups in total. The van der Waals surface area contributed by atoms with Gasteiger partial charge in [-0.3, -0.25) is 0 Å². The Bertz CT molecular complexity index is 950. The zero-order chi connectivity index (χ0) is 18.0. The molecule has 1 heterocycles. The minimum absolute atomic E-state index is 0.241. The molecule has 0 saturated heterocycles. The van der Waals surface area contributed by atoms with Crippen molar-refractivity contribution in [1.82, 2.24) is 4.98 Å². The van der Waals surface area contributed by atoms with Gasteiger partial charge in [-0.15, -0.1) is 0 Å². The largest absolute Gasteiger partial charge is 0.493 e. The third-order valence-electron chi connectivity index (χ3n) is 4.21. The number of aryl methyl sites for hydroxylation is 1. The lowest BCUT2D eigenvalue weighted by atomic mass is 10.0. The molecule has 0 atom stereocenters. The monoisotopic (exact) mass is 337 g/mol. The maximum Gasteiger partial charge on any atom is 0.336 e. The van der Waals surface area contributed by atoms with Crippen LogP contribution in [0.4, 0.5) is 0 Å². The second-order valence-electron chi connectivity index (χ2n) is 5.60. The summed E-state index contributed by atoms with van der Waals surface area (Å²) in [6, 6.07) is 12.7. The van der Waals surface area contributed by atoms with Crippen LogP contribution in [0.25, 0.3) is 22.2 Å². The van der Waals surface area contributed by atoms with Gasteiger partial charge in [0.25, 0.3) is 0 Å². The second kappa shape index (κ2) is 6.81. The van der Waals surface area contributed by atoms with E-state index in [1.54, 1.807) is 38.5 Å². The van der Waals surface area contributed by atoms with Crippen LogP contribution in [0.1, 0.15) is 22.8 Å². The zero-order valence-electron chi connectivity index (χ0n) is 14.4. The van der Waals surface area contributed by atoms with Crippen LogP contribution in [0.5, 0.6) is 11.5 Å². The minimum Gasteiger partial charge on any atom is -0.493 e. The molecular formula is C20H19NO4. The summed E-state index contributed by atoms with van der Waals surface area (Å²) in [5, 5.41) is 10.3. The predicted octanol–water partition coefficient (Wildman–Crippen LogP) is 4.18. The number of carboxylic acid groups (broad SMARTS) is 1. The van der Waals surface area contributed by atoms with E-state index in [-0.39, 0.29) is 5.56 Å². The van der Waals surface area contributed by atoms with Crippen LogP contribution in [0.3, 0.4) is 0 Å². The summed E-state index contributed by atoms with van der Waals surface area (Å²) in [6.07, 6.45) is 0.777.